The number of hydrogen-bond donors (Lipinski definition) is 2. The van der Waals surface area contributed by atoms with E-state index in [2.05, 4.69) is 9.97 Å². The molecule has 152 valence electrons. The minimum atomic E-state index is -1.01. The largest absolute Gasteiger partial charge is 0.478 e. The lowest BCUT2D eigenvalue weighted by Crippen LogP contribution is -2.46. The van der Waals surface area contributed by atoms with E-state index in [0.717, 1.165) is 0 Å². The number of piperidine rings is 1. The molecule has 3 heterocycles. The number of carboxylic acid groups (broad SMARTS) is 1. The van der Waals surface area contributed by atoms with E-state index in [9.17, 15) is 20.0 Å². The Hall–Kier alpha value is -2.89. The zero-order valence-corrected chi connectivity index (χ0v) is 16.9. The summed E-state index contributed by atoms with van der Waals surface area (Å²) in [6, 6.07) is 4.97. The molecule has 0 radical (unpaired) electrons. The number of ether oxygens (including phenoxy) is 1. The van der Waals surface area contributed by atoms with Crippen LogP contribution in [-0.4, -0.2) is 53.1 Å². The molecule has 0 spiro atoms. The number of nitrogens with one attached hydrogen (secondary N) is 1. The number of aromatic nitrogens is 2. The van der Waals surface area contributed by atoms with Crippen LogP contribution in [0.25, 0.3) is 0 Å². The molecule has 9 heteroatoms. The van der Waals surface area contributed by atoms with Crippen molar-refractivity contribution in [1.82, 2.24) is 9.97 Å². The van der Waals surface area contributed by atoms with Gasteiger partial charge in [-0.3, -0.25) is 4.79 Å². The maximum atomic E-state index is 12.8. The summed E-state index contributed by atoms with van der Waals surface area (Å²) in [6.45, 7) is 2.82. The van der Waals surface area contributed by atoms with E-state index in [-0.39, 0.29) is 46.1 Å². The van der Waals surface area contributed by atoms with Crippen LogP contribution >= 0.6 is 11.6 Å². The monoisotopic (exact) mass is 416 g/mol. The Morgan fingerprint density at radius 1 is 1.52 bits per heavy atom. The fraction of sp³-hybridized carbons (Fsp3) is 0.400. The fourth-order valence-electron chi connectivity index (χ4n) is 3.65. The maximum Gasteiger partial charge on any atom is 0.335 e. The van der Waals surface area contributed by atoms with Crippen molar-refractivity contribution in [2.45, 2.75) is 25.9 Å². The second-order valence-corrected chi connectivity index (χ2v) is 7.41. The van der Waals surface area contributed by atoms with Gasteiger partial charge in [0.15, 0.2) is 5.78 Å². The Kier molecular flexibility index (Phi) is 6.20. The van der Waals surface area contributed by atoms with Crippen molar-refractivity contribution in [3.8, 4) is 6.07 Å². The molecule has 2 aromatic heterocycles. The van der Waals surface area contributed by atoms with Crippen LogP contribution in [0.5, 0.6) is 0 Å². The molecule has 2 N–H and O–H groups in total. The van der Waals surface area contributed by atoms with E-state index in [1.165, 1.54) is 18.3 Å². The van der Waals surface area contributed by atoms with E-state index >= 15 is 0 Å². The van der Waals surface area contributed by atoms with Crippen LogP contribution in [0.3, 0.4) is 0 Å². The Morgan fingerprint density at radius 2 is 2.28 bits per heavy atom. The number of ketones is 1. The minimum Gasteiger partial charge on any atom is -0.478 e. The fourth-order valence-corrected chi connectivity index (χ4v) is 3.84. The van der Waals surface area contributed by atoms with Crippen molar-refractivity contribution < 1.29 is 19.4 Å². The number of methoxy groups -OCH3 is 1. The number of hydrogen-bond acceptors (Lipinski definition) is 6. The van der Waals surface area contributed by atoms with E-state index in [0.29, 0.717) is 31.0 Å². The van der Waals surface area contributed by atoms with Gasteiger partial charge >= 0.3 is 5.97 Å². The highest BCUT2D eigenvalue weighted by atomic mass is 35.5. The first kappa shape index (κ1) is 20.8. The van der Waals surface area contributed by atoms with Crippen molar-refractivity contribution in [2.24, 2.45) is 5.92 Å². The zero-order valence-electron chi connectivity index (χ0n) is 16.1. The molecule has 0 saturated carbocycles. The Labute approximate surface area is 173 Å². The summed E-state index contributed by atoms with van der Waals surface area (Å²) in [5, 5.41) is 18.8. The van der Waals surface area contributed by atoms with Crippen LogP contribution in [0, 0.1) is 24.2 Å². The Morgan fingerprint density at radius 3 is 2.93 bits per heavy atom. The number of anilines is 1. The van der Waals surface area contributed by atoms with Crippen LogP contribution in [0.15, 0.2) is 18.3 Å². The number of rotatable bonds is 6. The maximum absolute atomic E-state index is 12.8. The molecule has 2 unspecified atom stereocenters. The molecular weight excluding hydrogens is 396 g/mol. The number of pyridine rings is 1. The number of carbonyl (C=O) groups excluding carboxylic acids is 1. The molecule has 3 rings (SSSR count). The lowest BCUT2D eigenvalue weighted by Gasteiger charge is -2.38. The van der Waals surface area contributed by atoms with Gasteiger partial charge in [-0.25, -0.2) is 9.78 Å². The Balaban J connectivity index is 1.73. The summed E-state index contributed by atoms with van der Waals surface area (Å²) in [6.07, 6.45) is 2.12. The number of aryl methyl sites for hydroxylation is 1. The van der Waals surface area contributed by atoms with Crippen molar-refractivity contribution in [3.05, 3.63) is 45.9 Å². The van der Waals surface area contributed by atoms with Crippen LogP contribution in [0.1, 0.15) is 44.9 Å². The molecule has 8 nitrogen and oxygen atoms in total. The number of aromatic amines is 1. The molecule has 29 heavy (non-hydrogen) atoms. The molecule has 0 bridgehead atoms. The van der Waals surface area contributed by atoms with Crippen molar-refractivity contribution in [3.63, 3.8) is 0 Å². The second kappa shape index (κ2) is 8.64. The molecule has 0 aliphatic carbocycles. The third-order valence-corrected chi connectivity index (χ3v) is 5.74. The number of H-pyrrole nitrogens is 1. The number of halogens is 1. The number of aromatic carboxylic acids is 1. The first-order valence-corrected chi connectivity index (χ1v) is 9.52. The smallest absolute Gasteiger partial charge is 0.335 e. The predicted molar refractivity (Wildman–Crippen MR) is 107 cm³/mol. The highest BCUT2D eigenvalue weighted by Crippen LogP contribution is 2.30. The van der Waals surface area contributed by atoms with Gasteiger partial charge in [0.05, 0.1) is 22.3 Å². The number of nitrogens with zero attached hydrogens (tertiary/aromatic N) is 3. The van der Waals surface area contributed by atoms with Gasteiger partial charge in [0, 0.05) is 38.5 Å². The van der Waals surface area contributed by atoms with Gasteiger partial charge in [0.25, 0.3) is 0 Å². The molecule has 2 atom stereocenters. The second-order valence-electron chi connectivity index (χ2n) is 7.03. The quantitative estimate of drug-likeness (QED) is 0.694. The third-order valence-electron chi connectivity index (χ3n) is 5.26. The summed E-state index contributed by atoms with van der Waals surface area (Å²) >= 11 is 6.09. The SMILES string of the molecule is COC1CN(c2cc(C(=O)O)ccn2)CCC1CC(=O)c1[nH]c(C)c(Cl)c1C#N. The van der Waals surface area contributed by atoms with E-state index in [4.69, 9.17) is 16.3 Å². The summed E-state index contributed by atoms with van der Waals surface area (Å²) < 4.78 is 5.62. The third kappa shape index (κ3) is 4.26. The van der Waals surface area contributed by atoms with Crippen LogP contribution in [0.2, 0.25) is 5.02 Å². The minimum absolute atomic E-state index is 0.0414. The van der Waals surface area contributed by atoms with Crippen molar-refractivity contribution in [2.75, 3.05) is 25.1 Å². The summed E-state index contributed by atoms with van der Waals surface area (Å²) in [5.74, 6) is -0.663. The number of nitriles is 1. The van der Waals surface area contributed by atoms with Crippen LogP contribution in [0.4, 0.5) is 5.82 Å². The number of Topliss-reactive ketones (excluding diaryl/α,β-unsaturated/α-hetero) is 1. The van der Waals surface area contributed by atoms with Gasteiger partial charge in [-0.2, -0.15) is 5.26 Å². The first-order chi connectivity index (χ1) is 13.8. The van der Waals surface area contributed by atoms with Crippen LogP contribution in [-0.2, 0) is 4.74 Å². The standard InChI is InChI=1S/C20H21ClN4O4/c1-11-18(21)14(9-22)19(24-11)15(26)7-12-4-6-25(10-16(12)29-2)17-8-13(20(27)28)3-5-23-17/h3,5,8,12,16,24H,4,6-7,10H2,1-2H3,(H,27,28). The molecule has 0 amide bonds. The summed E-state index contributed by atoms with van der Waals surface area (Å²) in [7, 11) is 1.59. The molecule has 1 aliphatic rings. The summed E-state index contributed by atoms with van der Waals surface area (Å²) in [4.78, 5) is 33.1. The van der Waals surface area contributed by atoms with Crippen molar-refractivity contribution in [1.29, 1.82) is 5.26 Å². The van der Waals surface area contributed by atoms with Gasteiger partial charge in [-0.05, 0) is 31.4 Å². The number of carboxylic acids is 1. The average Bonchev–Trinajstić information content (AvgIpc) is 3.02. The normalized spacial score (nSPS) is 19.0. The van der Waals surface area contributed by atoms with Gasteiger partial charge in [-0.15, -0.1) is 0 Å². The summed E-state index contributed by atoms with van der Waals surface area (Å²) in [5.41, 5.74) is 1.18. The average molecular weight is 417 g/mol. The molecular formula is C20H21ClN4O4. The molecule has 1 aliphatic heterocycles. The van der Waals surface area contributed by atoms with Gasteiger partial charge in [-0.1, -0.05) is 11.6 Å². The van der Waals surface area contributed by atoms with E-state index in [1.807, 2.05) is 11.0 Å². The highest BCUT2D eigenvalue weighted by molar-refractivity contribution is 6.33. The van der Waals surface area contributed by atoms with E-state index < -0.39 is 5.97 Å². The zero-order chi connectivity index (χ0) is 21.1. The van der Waals surface area contributed by atoms with Gasteiger partial charge in [0.1, 0.15) is 17.6 Å². The van der Waals surface area contributed by atoms with Gasteiger partial charge in [0.2, 0.25) is 0 Å². The topological polar surface area (TPSA) is 119 Å². The Bertz CT molecular complexity index is 981. The predicted octanol–water partition coefficient (Wildman–Crippen LogP) is 3.06. The van der Waals surface area contributed by atoms with Crippen LogP contribution < -0.4 is 4.90 Å². The van der Waals surface area contributed by atoms with Gasteiger partial charge < -0.3 is 19.7 Å². The molecule has 1 fully saturated rings. The molecule has 0 aromatic carbocycles. The van der Waals surface area contributed by atoms with E-state index in [1.54, 1.807) is 14.0 Å². The molecule has 1 saturated heterocycles. The lowest BCUT2D eigenvalue weighted by molar-refractivity contribution is 0.0373. The number of carbonyl (C=O) groups is 2. The molecule has 2 aromatic rings. The highest BCUT2D eigenvalue weighted by Gasteiger charge is 2.33. The lowest BCUT2D eigenvalue weighted by atomic mass is 9.88. The first-order valence-electron chi connectivity index (χ1n) is 9.14. The van der Waals surface area contributed by atoms with Crippen molar-refractivity contribution >= 4 is 29.2 Å².